The predicted molar refractivity (Wildman–Crippen MR) is 60.8 cm³/mol. The van der Waals surface area contributed by atoms with E-state index >= 15 is 0 Å². The van der Waals surface area contributed by atoms with Crippen LogP contribution < -0.4 is 5.32 Å². The highest BCUT2D eigenvalue weighted by Gasteiger charge is 2.00. The van der Waals surface area contributed by atoms with Gasteiger partial charge in [-0.1, -0.05) is 21.9 Å². The molecule has 2 heteroatoms. The van der Waals surface area contributed by atoms with Crippen LogP contribution in [0, 0.1) is 19.3 Å². The van der Waals surface area contributed by atoms with Gasteiger partial charge in [0.25, 0.3) is 0 Å². The van der Waals surface area contributed by atoms with Gasteiger partial charge in [-0.15, -0.1) is 6.42 Å². The molecular formula is C11H12BrN. The summed E-state index contributed by atoms with van der Waals surface area (Å²) in [6.07, 6.45) is 5.28. The van der Waals surface area contributed by atoms with E-state index in [1.807, 2.05) is 19.1 Å². The molecule has 0 spiro atoms. The summed E-state index contributed by atoms with van der Waals surface area (Å²) < 4.78 is 1.09. The lowest BCUT2D eigenvalue weighted by atomic mass is 10.2. The summed E-state index contributed by atoms with van der Waals surface area (Å²) in [4.78, 5) is 0. The van der Waals surface area contributed by atoms with E-state index in [1.54, 1.807) is 0 Å². The van der Waals surface area contributed by atoms with Gasteiger partial charge in [0.2, 0.25) is 0 Å². The van der Waals surface area contributed by atoms with Crippen LogP contribution in [0.4, 0.5) is 5.69 Å². The van der Waals surface area contributed by atoms with Crippen molar-refractivity contribution >= 4 is 21.6 Å². The Bertz CT molecular complexity index is 338. The highest BCUT2D eigenvalue weighted by atomic mass is 79.9. The lowest BCUT2D eigenvalue weighted by molar-refractivity contribution is 1.03. The third-order valence-corrected chi connectivity index (χ3v) is 2.30. The van der Waals surface area contributed by atoms with Gasteiger partial charge in [-0.2, -0.15) is 0 Å². The van der Waals surface area contributed by atoms with Crippen molar-refractivity contribution in [1.29, 1.82) is 0 Å². The Morgan fingerprint density at radius 1 is 1.54 bits per heavy atom. The van der Waals surface area contributed by atoms with E-state index in [-0.39, 0.29) is 6.04 Å². The van der Waals surface area contributed by atoms with E-state index in [0.717, 1.165) is 10.2 Å². The van der Waals surface area contributed by atoms with E-state index < -0.39 is 0 Å². The predicted octanol–water partition coefficient (Wildman–Crippen LogP) is 3.19. The smallest absolute Gasteiger partial charge is 0.0845 e. The van der Waals surface area contributed by atoms with Crippen molar-refractivity contribution in [2.45, 2.75) is 19.9 Å². The minimum absolute atomic E-state index is 0.0693. The van der Waals surface area contributed by atoms with Crippen LogP contribution in [0.25, 0.3) is 0 Å². The van der Waals surface area contributed by atoms with Crippen molar-refractivity contribution in [2.75, 3.05) is 5.32 Å². The van der Waals surface area contributed by atoms with Gasteiger partial charge in [0, 0.05) is 10.2 Å². The van der Waals surface area contributed by atoms with E-state index in [9.17, 15) is 0 Å². The number of halogens is 1. The first-order valence-electron chi connectivity index (χ1n) is 4.12. The fourth-order valence-electron chi connectivity index (χ4n) is 1.06. The second-order valence-electron chi connectivity index (χ2n) is 2.99. The maximum Gasteiger partial charge on any atom is 0.0845 e. The van der Waals surface area contributed by atoms with Crippen LogP contribution in [0.15, 0.2) is 22.7 Å². The van der Waals surface area contributed by atoms with E-state index in [2.05, 4.69) is 40.2 Å². The first kappa shape index (κ1) is 10.1. The minimum Gasteiger partial charge on any atom is -0.372 e. The molecule has 0 amide bonds. The number of hydrogen-bond donors (Lipinski definition) is 1. The minimum atomic E-state index is 0.0693. The molecule has 0 aliphatic heterocycles. The lowest BCUT2D eigenvalue weighted by Gasteiger charge is -2.11. The lowest BCUT2D eigenvalue weighted by Crippen LogP contribution is -2.12. The summed E-state index contributed by atoms with van der Waals surface area (Å²) in [7, 11) is 0. The molecule has 68 valence electrons. The van der Waals surface area contributed by atoms with Crippen molar-refractivity contribution < 1.29 is 0 Å². The molecule has 1 rings (SSSR count). The molecule has 0 aliphatic rings. The maximum atomic E-state index is 5.28. The van der Waals surface area contributed by atoms with Crippen LogP contribution in [0.5, 0.6) is 0 Å². The standard InChI is InChI=1S/C11H12BrN/c1-4-9(3)13-11-6-5-10(12)7-8(11)2/h1,5-7,9,13H,2-3H3. The van der Waals surface area contributed by atoms with Crippen LogP contribution >= 0.6 is 15.9 Å². The fourth-order valence-corrected chi connectivity index (χ4v) is 1.54. The highest BCUT2D eigenvalue weighted by Crippen LogP contribution is 2.20. The van der Waals surface area contributed by atoms with E-state index in [0.29, 0.717) is 0 Å². The van der Waals surface area contributed by atoms with E-state index in [4.69, 9.17) is 6.42 Å². The van der Waals surface area contributed by atoms with Gasteiger partial charge in [0.1, 0.15) is 0 Å². The van der Waals surface area contributed by atoms with Crippen molar-refractivity contribution in [3.8, 4) is 12.3 Å². The first-order valence-corrected chi connectivity index (χ1v) is 4.91. The zero-order valence-electron chi connectivity index (χ0n) is 7.76. The Morgan fingerprint density at radius 2 is 2.23 bits per heavy atom. The van der Waals surface area contributed by atoms with Crippen LogP contribution in [0.3, 0.4) is 0 Å². The van der Waals surface area contributed by atoms with Crippen molar-refractivity contribution in [2.24, 2.45) is 0 Å². The number of rotatable bonds is 2. The summed E-state index contributed by atoms with van der Waals surface area (Å²) in [5.74, 6) is 2.63. The molecule has 1 aromatic carbocycles. The quantitative estimate of drug-likeness (QED) is 0.780. The average molecular weight is 238 g/mol. The molecule has 1 nitrogen and oxygen atoms in total. The topological polar surface area (TPSA) is 12.0 Å². The Balaban J connectivity index is 2.85. The van der Waals surface area contributed by atoms with Gasteiger partial charge in [0.15, 0.2) is 0 Å². The van der Waals surface area contributed by atoms with E-state index in [1.165, 1.54) is 5.56 Å². The van der Waals surface area contributed by atoms with Crippen LogP contribution in [0.1, 0.15) is 12.5 Å². The third-order valence-electron chi connectivity index (χ3n) is 1.81. The molecule has 0 saturated heterocycles. The molecule has 13 heavy (non-hydrogen) atoms. The Labute approximate surface area is 87.7 Å². The Hall–Kier alpha value is -0.940. The maximum absolute atomic E-state index is 5.28. The zero-order valence-corrected chi connectivity index (χ0v) is 9.35. The summed E-state index contributed by atoms with van der Waals surface area (Å²) in [6, 6.07) is 6.15. The normalized spacial score (nSPS) is 11.8. The third kappa shape index (κ3) is 2.78. The molecule has 0 aromatic heterocycles. The molecule has 0 fully saturated rings. The van der Waals surface area contributed by atoms with Gasteiger partial charge in [-0.05, 0) is 37.6 Å². The summed E-state index contributed by atoms with van der Waals surface area (Å²) >= 11 is 3.41. The molecule has 0 aliphatic carbocycles. The number of anilines is 1. The molecule has 0 saturated carbocycles. The number of benzene rings is 1. The molecule has 1 atom stereocenters. The van der Waals surface area contributed by atoms with Crippen molar-refractivity contribution in [1.82, 2.24) is 0 Å². The highest BCUT2D eigenvalue weighted by molar-refractivity contribution is 9.10. The summed E-state index contributed by atoms with van der Waals surface area (Å²) in [5, 5.41) is 3.23. The van der Waals surface area contributed by atoms with Crippen LogP contribution in [-0.4, -0.2) is 6.04 Å². The zero-order chi connectivity index (χ0) is 9.84. The fraction of sp³-hybridized carbons (Fsp3) is 0.273. The van der Waals surface area contributed by atoms with Gasteiger partial charge in [0.05, 0.1) is 6.04 Å². The Morgan fingerprint density at radius 3 is 2.77 bits per heavy atom. The Kier molecular flexibility index (Phi) is 3.39. The average Bonchev–Trinajstić information content (AvgIpc) is 2.09. The molecule has 0 heterocycles. The largest absolute Gasteiger partial charge is 0.372 e. The molecule has 0 radical (unpaired) electrons. The molecule has 1 unspecified atom stereocenters. The molecular weight excluding hydrogens is 226 g/mol. The monoisotopic (exact) mass is 237 g/mol. The van der Waals surface area contributed by atoms with Gasteiger partial charge < -0.3 is 5.32 Å². The number of terminal acetylenes is 1. The van der Waals surface area contributed by atoms with Crippen LogP contribution in [0.2, 0.25) is 0 Å². The van der Waals surface area contributed by atoms with Crippen LogP contribution in [-0.2, 0) is 0 Å². The summed E-state index contributed by atoms with van der Waals surface area (Å²) in [6.45, 7) is 4.01. The van der Waals surface area contributed by atoms with Gasteiger partial charge in [-0.3, -0.25) is 0 Å². The molecule has 1 aromatic rings. The second-order valence-corrected chi connectivity index (χ2v) is 3.91. The van der Waals surface area contributed by atoms with Gasteiger partial charge in [-0.25, -0.2) is 0 Å². The SMILES string of the molecule is C#CC(C)Nc1ccc(Br)cc1C. The first-order chi connectivity index (χ1) is 6.13. The molecule has 0 bridgehead atoms. The van der Waals surface area contributed by atoms with Crippen molar-refractivity contribution in [3.63, 3.8) is 0 Å². The number of aryl methyl sites for hydroxylation is 1. The van der Waals surface area contributed by atoms with Gasteiger partial charge >= 0.3 is 0 Å². The van der Waals surface area contributed by atoms with Crippen molar-refractivity contribution in [3.05, 3.63) is 28.2 Å². The number of hydrogen-bond acceptors (Lipinski definition) is 1. The summed E-state index contributed by atoms with van der Waals surface area (Å²) in [5.41, 5.74) is 2.28. The number of nitrogens with one attached hydrogen (secondary N) is 1. The molecule has 1 N–H and O–H groups in total. The second kappa shape index (κ2) is 4.34.